The maximum absolute atomic E-state index is 13.3. The summed E-state index contributed by atoms with van der Waals surface area (Å²) in [5, 5.41) is 21.5. The van der Waals surface area contributed by atoms with Crippen LogP contribution >= 0.6 is 0 Å². The number of nitrogens with one attached hydrogen (secondary N) is 1. The molecule has 0 aliphatic heterocycles. The van der Waals surface area contributed by atoms with Crippen molar-refractivity contribution in [2.45, 2.75) is 57.2 Å². The van der Waals surface area contributed by atoms with E-state index in [-0.39, 0.29) is 19.1 Å². The third-order valence-electron chi connectivity index (χ3n) is 6.56. The number of hydrogen-bond acceptors (Lipinski definition) is 4. The number of benzene rings is 2. The summed E-state index contributed by atoms with van der Waals surface area (Å²) in [5.41, 5.74) is 0.631. The molecule has 1 fully saturated rings. The zero-order valence-electron chi connectivity index (χ0n) is 19.3. The lowest BCUT2D eigenvalue weighted by Gasteiger charge is -2.39. The Morgan fingerprint density at radius 1 is 1.15 bits per heavy atom. The average Bonchev–Trinajstić information content (AvgIpc) is 2.82. The molecule has 0 unspecified atom stereocenters. The van der Waals surface area contributed by atoms with Gasteiger partial charge in [-0.2, -0.15) is 13.2 Å². The Bertz CT molecular complexity index is 963. The fourth-order valence-corrected chi connectivity index (χ4v) is 4.51. The number of aliphatic hydroxyl groups is 2. The van der Waals surface area contributed by atoms with E-state index in [4.69, 9.17) is 9.84 Å². The molecule has 186 valence electrons. The van der Waals surface area contributed by atoms with E-state index in [2.05, 4.69) is 12.2 Å². The number of ether oxygens (including phenoxy) is 1. The number of alkyl halides is 3. The molecule has 3 N–H and O–H groups in total. The van der Waals surface area contributed by atoms with Crippen molar-refractivity contribution >= 4 is 5.91 Å². The van der Waals surface area contributed by atoms with Crippen molar-refractivity contribution in [2.24, 2.45) is 5.92 Å². The molecule has 0 bridgehead atoms. The van der Waals surface area contributed by atoms with Crippen LogP contribution in [0.5, 0.6) is 0 Å². The van der Waals surface area contributed by atoms with Crippen LogP contribution in [0, 0.1) is 5.92 Å². The lowest BCUT2D eigenvalue weighted by atomic mass is 9.77. The Balaban J connectivity index is 1.94. The van der Waals surface area contributed by atoms with Crippen LogP contribution in [0.3, 0.4) is 0 Å². The molecule has 1 amide bonds. The van der Waals surface area contributed by atoms with Crippen LogP contribution in [0.25, 0.3) is 11.1 Å². The third-order valence-corrected chi connectivity index (χ3v) is 6.56. The summed E-state index contributed by atoms with van der Waals surface area (Å²) in [6, 6.07) is 10.1. The van der Waals surface area contributed by atoms with Gasteiger partial charge in [-0.3, -0.25) is 4.79 Å². The molecule has 8 heteroatoms. The molecule has 5 nitrogen and oxygen atoms in total. The molecule has 2 aromatic rings. The molecule has 34 heavy (non-hydrogen) atoms. The molecule has 3 rings (SSSR count). The van der Waals surface area contributed by atoms with Gasteiger partial charge in [-0.25, -0.2) is 0 Å². The number of rotatable bonds is 9. The number of carbonyl (C=O) groups is 1. The molecule has 0 saturated heterocycles. The van der Waals surface area contributed by atoms with Gasteiger partial charge in [0.05, 0.1) is 17.7 Å². The van der Waals surface area contributed by atoms with E-state index in [1.54, 1.807) is 24.3 Å². The van der Waals surface area contributed by atoms with Crippen LogP contribution in [0.2, 0.25) is 0 Å². The molecule has 0 aromatic heterocycles. The van der Waals surface area contributed by atoms with Crippen LogP contribution in [0.4, 0.5) is 13.2 Å². The van der Waals surface area contributed by atoms with Gasteiger partial charge in [0.15, 0.2) is 0 Å². The highest BCUT2D eigenvalue weighted by Gasteiger charge is 2.36. The van der Waals surface area contributed by atoms with Crippen LogP contribution in [0.1, 0.15) is 60.5 Å². The summed E-state index contributed by atoms with van der Waals surface area (Å²) >= 11 is 0. The fourth-order valence-electron chi connectivity index (χ4n) is 4.51. The van der Waals surface area contributed by atoms with Gasteiger partial charge in [-0.05, 0) is 85.4 Å². The number of amides is 1. The Kier molecular flexibility index (Phi) is 8.73. The number of halogens is 3. The van der Waals surface area contributed by atoms with E-state index in [1.807, 2.05) is 0 Å². The Labute approximate surface area is 198 Å². The van der Waals surface area contributed by atoms with Crippen LogP contribution < -0.4 is 5.32 Å². The number of hydrogen-bond donors (Lipinski definition) is 3. The first-order valence-electron chi connectivity index (χ1n) is 11.6. The SMILES string of the molecule is CC1CCC(COCO)(NC(=O)c2ccc(CCCO)c(-c3cccc(C(F)(F)F)c3)c2)CC1. The van der Waals surface area contributed by atoms with Crippen molar-refractivity contribution in [3.63, 3.8) is 0 Å². The van der Waals surface area contributed by atoms with E-state index in [0.29, 0.717) is 35.4 Å². The Morgan fingerprint density at radius 2 is 1.88 bits per heavy atom. The second-order valence-electron chi connectivity index (χ2n) is 9.17. The van der Waals surface area contributed by atoms with E-state index >= 15 is 0 Å². The van der Waals surface area contributed by atoms with Gasteiger partial charge in [0.2, 0.25) is 0 Å². The summed E-state index contributed by atoms with van der Waals surface area (Å²) in [6.45, 7) is 1.87. The van der Waals surface area contributed by atoms with Crippen molar-refractivity contribution in [3.8, 4) is 11.1 Å². The molecule has 2 aromatic carbocycles. The predicted octanol–water partition coefficient (Wildman–Crippen LogP) is 4.94. The minimum atomic E-state index is -4.48. The largest absolute Gasteiger partial charge is 0.416 e. The van der Waals surface area contributed by atoms with Crippen molar-refractivity contribution in [3.05, 3.63) is 59.2 Å². The quantitative estimate of drug-likeness (QED) is 0.445. The van der Waals surface area contributed by atoms with Gasteiger partial charge < -0.3 is 20.3 Å². The van der Waals surface area contributed by atoms with E-state index in [0.717, 1.165) is 43.4 Å². The smallest absolute Gasteiger partial charge is 0.396 e. The highest BCUT2D eigenvalue weighted by Crippen LogP contribution is 2.35. The Morgan fingerprint density at radius 3 is 2.53 bits per heavy atom. The van der Waals surface area contributed by atoms with Gasteiger partial charge in [0.25, 0.3) is 5.91 Å². The fraction of sp³-hybridized carbons (Fsp3) is 0.500. The van der Waals surface area contributed by atoms with Gasteiger partial charge >= 0.3 is 6.18 Å². The molecule has 0 radical (unpaired) electrons. The molecule has 0 heterocycles. The topological polar surface area (TPSA) is 78.8 Å². The van der Waals surface area contributed by atoms with Gasteiger partial charge in [-0.15, -0.1) is 0 Å². The second kappa shape index (κ2) is 11.3. The average molecular weight is 480 g/mol. The maximum Gasteiger partial charge on any atom is 0.416 e. The molecule has 1 saturated carbocycles. The highest BCUT2D eigenvalue weighted by atomic mass is 19.4. The first kappa shape index (κ1) is 26.2. The number of carbonyl (C=O) groups excluding carboxylic acids is 1. The summed E-state index contributed by atoms with van der Waals surface area (Å²) in [4.78, 5) is 13.2. The monoisotopic (exact) mass is 479 g/mol. The minimum Gasteiger partial charge on any atom is -0.396 e. The van der Waals surface area contributed by atoms with E-state index < -0.39 is 24.1 Å². The van der Waals surface area contributed by atoms with Gasteiger partial charge in [0.1, 0.15) is 6.79 Å². The standard InChI is InChI=1S/C26H32F3NO4/c1-18-9-11-25(12-10-18,16-34-17-32)30-24(33)21-8-7-19(5-3-13-31)23(15-21)20-4-2-6-22(14-20)26(27,28)29/h2,4,6-8,14-15,18,31-32H,3,5,9-13,16-17H2,1H3,(H,30,33). The third kappa shape index (κ3) is 6.58. The van der Waals surface area contributed by atoms with Crippen LogP contribution in [-0.2, 0) is 17.3 Å². The minimum absolute atomic E-state index is 0.0456. The van der Waals surface area contributed by atoms with Crippen molar-refractivity contribution in [2.75, 3.05) is 20.0 Å². The molecule has 1 aliphatic rings. The highest BCUT2D eigenvalue weighted by molar-refractivity contribution is 5.96. The second-order valence-corrected chi connectivity index (χ2v) is 9.17. The molecular formula is C26H32F3NO4. The van der Waals surface area contributed by atoms with E-state index in [9.17, 15) is 23.1 Å². The molecule has 0 spiro atoms. The number of aryl methyl sites for hydroxylation is 1. The number of aliphatic hydroxyl groups excluding tert-OH is 2. The predicted molar refractivity (Wildman–Crippen MR) is 123 cm³/mol. The molecule has 1 aliphatic carbocycles. The summed E-state index contributed by atoms with van der Waals surface area (Å²) in [5.74, 6) is 0.204. The maximum atomic E-state index is 13.3. The zero-order valence-corrected chi connectivity index (χ0v) is 19.3. The van der Waals surface area contributed by atoms with Crippen LogP contribution in [-0.4, -0.2) is 41.7 Å². The van der Waals surface area contributed by atoms with Gasteiger partial charge in [-0.1, -0.05) is 25.1 Å². The first-order chi connectivity index (χ1) is 16.2. The summed E-state index contributed by atoms with van der Waals surface area (Å²) < 4.78 is 45.2. The van der Waals surface area contributed by atoms with Crippen molar-refractivity contribution in [1.29, 1.82) is 0 Å². The molecular weight excluding hydrogens is 447 g/mol. The summed E-state index contributed by atoms with van der Waals surface area (Å²) in [6.07, 6.45) is -0.278. The van der Waals surface area contributed by atoms with Crippen LogP contribution in [0.15, 0.2) is 42.5 Å². The normalized spacial score (nSPS) is 20.8. The Hall–Kier alpha value is -2.42. The lowest BCUT2D eigenvalue weighted by Crippen LogP contribution is -2.54. The zero-order chi connectivity index (χ0) is 24.8. The van der Waals surface area contributed by atoms with Crippen molar-refractivity contribution in [1.82, 2.24) is 5.32 Å². The summed E-state index contributed by atoms with van der Waals surface area (Å²) in [7, 11) is 0. The van der Waals surface area contributed by atoms with Crippen molar-refractivity contribution < 1.29 is 32.9 Å². The van der Waals surface area contributed by atoms with Gasteiger partial charge in [0, 0.05) is 12.2 Å². The lowest BCUT2D eigenvalue weighted by molar-refractivity contribution is -0.137. The molecule has 0 atom stereocenters. The van der Waals surface area contributed by atoms with E-state index in [1.165, 1.54) is 6.07 Å². The first-order valence-corrected chi connectivity index (χ1v) is 11.6.